The van der Waals surface area contributed by atoms with E-state index in [1.807, 2.05) is 29.3 Å². The Balaban J connectivity index is 2.19. The van der Waals surface area contributed by atoms with E-state index in [0.717, 1.165) is 16.4 Å². The first kappa shape index (κ1) is 13.0. The highest BCUT2D eigenvalue weighted by Gasteiger charge is 2.09. The Morgan fingerprint density at radius 2 is 2.40 bits per heavy atom. The number of aliphatic hydroxyl groups excluding tert-OH is 1. The van der Waals surface area contributed by atoms with Gasteiger partial charge in [-0.2, -0.15) is 11.8 Å². The largest absolute Gasteiger partial charge is 0.386 e. The van der Waals surface area contributed by atoms with Gasteiger partial charge in [0.25, 0.3) is 0 Å². The second kappa shape index (κ2) is 7.28. The zero-order valence-electron chi connectivity index (χ0n) is 9.27. The maximum absolute atomic E-state index is 9.82. The first-order chi connectivity index (χ1) is 7.24. The van der Waals surface area contributed by atoms with Crippen LogP contribution in [0.2, 0.25) is 0 Å². The van der Waals surface area contributed by atoms with Crippen LogP contribution in [-0.4, -0.2) is 29.2 Å². The van der Waals surface area contributed by atoms with Gasteiger partial charge < -0.3 is 10.4 Å². The van der Waals surface area contributed by atoms with Gasteiger partial charge in [-0.3, -0.25) is 0 Å². The van der Waals surface area contributed by atoms with E-state index in [-0.39, 0.29) is 6.10 Å². The van der Waals surface area contributed by atoms with Gasteiger partial charge in [0.05, 0.1) is 0 Å². The number of thiophene rings is 1. The summed E-state index contributed by atoms with van der Waals surface area (Å²) in [6, 6.07) is 4.41. The lowest BCUT2D eigenvalue weighted by molar-refractivity contribution is 0.175. The Morgan fingerprint density at radius 1 is 1.60 bits per heavy atom. The molecule has 4 heteroatoms. The van der Waals surface area contributed by atoms with Gasteiger partial charge in [-0.05, 0) is 24.1 Å². The molecule has 1 heterocycles. The molecule has 15 heavy (non-hydrogen) atoms. The smallest absolute Gasteiger partial charge is 0.101 e. The lowest BCUT2D eigenvalue weighted by Gasteiger charge is -2.15. The third-order valence-corrected chi connectivity index (χ3v) is 4.22. The number of hydrogen-bond donors (Lipinski definition) is 2. The number of rotatable bonds is 7. The fraction of sp³-hybridized carbons (Fsp3) is 0.636. The normalized spacial score (nSPS) is 15.1. The molecule has 2 nitrogen and oxygen atoms in total. The van der Waals surface area contributed by atoms with E-state index < -0.39 is 0 Å². The predicted molar refractivity (Wildman–Crippen MR) is 69.7 cm³/mol. The van der Waals surface area contributed by atoms with E-state index in [4.69, 9.17) is 0 Å². The van der Waals surface area contributed by atoms with Crippen molar-refractivity contribution in [2.75, 3.05) is 18.1 Å². The number of hydrogen-bond acceptors (Lipinski definition) is 4. The van der Waals surface area contributed by atoms with Gasteiger partial charge in [-0.15, -0.1) is 11.3 Å². The lowest BCUT2D eigenvalue weighted by atomic mass is 10.2. The zero-order valence-corrected chi connectivity index (χ0v) is 10.9. The Bertz CT molecular complexity index is 251. The molecule has 0 aliphatic heterocycles. The van der Waals surface area contributed by atoms with E-state index in [1.54, 1.807) is 11.3 Å². The summed E-state index contributed by atoms with van der Waals surface area (Å²) in [5, 5.41) is 15.2. The quantitative estimate of drug-likeness (QED) is 0.774. The topological polar surface area (TPSA) is 32.3 Å². The summed E-state index contributed by atoms with van der Waals surface area (Å²) in [4.78, 5) is 1.04. The molecule has 0 saturated heterocycles. The average molecular weight is 245 g/mol. The van der Waals surface area contributed by atoms with Crippen LogP contribution < -0.4 is 5.32 Å². The minimum Gasteiger partial charge on any atom is -0.386 e. The second-order valence-corrected chi connectivity index (χ2v) is 5.80. The molecule has 0 radical (unpaired) electrons. The van der Waals surface area contributed by atoms with E-state index in [9.17, 15) is 5.11 Å². The van der Waals surface area contributed by atoms with Crippen molar-refractivity contribution in [1.82, 2.24) is 5.32 Å². The molecule has 0 amide bonds. The molecule has 0 aromatic carbocycles. The van der Waals surface area contributed by atoms with Crippen LogP contribution in [0.5, 0.6) is 0 Å². The van der Waals surface area contributed by atoms with Crippen molar-refractivity contribution in [3.8, 4) is 0 Å². The maximum Gasteiger partial charge on any atom is 0.101 e. The highest BCUT2D eigenvalue weighted by molar-refractivity contribution is 7.99. The molecule has 0 aliphatic carbocycles. The highest BCUT2D eigenvalue weighted by atomic mass is 32.2. The van der Waals surface area contributed by atoms with Gasteiger partial charge in [0.2, 0.25) is 0 Å². The molecule has 1 aromatic rings. The van der Waals surface area contributed by atoms with Crippen molar-refractivity contribution < 1.29 is 5.11 Å². The van der Waals surface area contributed by atoms with E-state index >= 15 is 0 Å². The van der Waals surface area contributed by atoms with Gasteiger partial charge >= 0.3 is 0 Å². The van der Waals surface area contributed by atoms with E-state index in [1.165, 1.54) is 0 Å². The first-order valence-corrected chi connectivity index (χ1v) is 7.30. The third kappa shape index (κ3) is 5.02. The van der Waals surface area contributed by atoms with Crippen LogP contribution in [0.1, 0.15) is 24.8 Å². The molecule has 0 fully saturated rings. The molecular weight excluding hydrogens is 226 g/mol. The zero-order chi connectivity index (χ0) is 11.1. The Morgan fingerprint density at radius 3 is 3.00 bits per heavy atom. The predicted octanol–water partition coefficient (Wildman–Crippen LogP) is 2.51. The van der Waals surface area contributed by atoms with Crippen LogP contribution in [-0.2, 0) is 0 Å². The van der Waals surface area contributed by atoms with Gasteiger partial charge in [0.1, 0.15) is 6.10 Å². The highest BCUT2D eigenvalue weighted by Crippen LogP contribution is 2.17. The van der Waals surface area contributed by atoms with Crippen molar-refractivity contribution in [3.05, 3.63) is 22.4 Å². The fourth-order valence-electron chi connectivity index (χ4n) is 1.25. The number of nitrogens with one attached hydrogen (secondary N) is 1. The summed E-state index contributed by atoms with van der Waals surface area (Å²) < 4.78 is 0. The summed E-state index contributed by atoms with van der Waals surface area (Å²) in [7, 11) is 0. The van der Waals surface area contributed by atoms with Gasteiger partial charge in [-0.25, -0.2) is 0 Å². The molecule has 0 bridgehead atoms. The van der Waals surface area contributed by atoms with Crippen LogP contribution in [0, 0.1) is 0 Å². The standard InChI is InChI=1S/C11H19NOS2/c1-3-14-8-9(2)12-7-10(13)11-5-4-6-15-11/h4-6,9-10,12-13H,3,7-8H2,1-2H3. The van der Waals surface area contributed by atoms with Crippen molar-refractivity contribution in [2.45, 2.75) is 26.0 Å². The minimum atomic E-state index is -0.362. The first-order valence-electron chi connectivity index (χ1n) is 5.26. The summed E-state index contributed by atoms with van der Waals surface area (Å²) in [5.41, 5.74) is 0. The Kier molecular flexibility index (Phi) is 6.32. The Labute approximate surface area is 100 Å². The monoisotopic (exact) mass is 245 g/mol. The number of aliphatic hydroxyl groups is 1. The summed E-state index contributed by atoms with van der Waals surface area (Å²) in [5.74, 6) is 2.26. The van der Waals surface area contributed by atoms with Crippen molar-refractivity contribution in [2.24, 2.45) is 0 Å². The molecule has 1 aromatic heterocycles. The van der Waals surface area contributed by atoms with Crippen molar-refractivity contribution in [1.29, 1.82) is 0 Å². The molecule has 1 rings (SSSR count). The van der Waals surface area contributed by atoms with Gasteiger partial charge in [0, 0.05) is 23.2 Å². The summed E-state index contributed by atoms with van der Waals surface area (Å²) >= 11 is 3.53. The van der Waals surface area contributed by atoms with Gasteiger partial charge in [0.15, 0.2) is 0 Å². The summed E-state index contributed by atoms with van der Waals surface area (Å²) in [6.07, 6.45) is -0.362. The van der Waals surface area contributed by atoms with Crippen LogP contribution in [0.4, 0.5) is 0 Å². The van der Waals surface area contributed by atoms with Gasteiger partial charge in [-0.1, -0.05) is 13.0 Å². The summed E-state index contributed by atoms with van der Waals surface area (Å²) in [6.45, 7) is 4.97. The van der Waals surface area contributed by atoms with Crippen LogP contribution in [0.25, 0.3) is 0 Å². The molecule has 0 aliphatic rings. The van der Waals surface area contributed by atoms with Crippen LogP contribution in [0.3, 0.4) is 0 Å². The molecule has 2 atom stereocenters. The van der Waals surface area contributed by atoms with Crippen LogP contribution in [0.15, 0.2) is 17.5 Å². The van der Waals surface area contributed by atoms with Crippen molar-refractivity contribution in [3.63, 3.8) is 0 Å². The molecule has 2 unspecified atom stereocenters. The van der Waals surface area contributed by atoms with Crippen LogP contribution >= 0.6 is 23.1 Å². The molecular formula is C11H19NOS2. The maximum atomic E-state index is 9.82. The SMILES string of the molecule is CCSCC(C)NCC(O)c1cccs1. The lowest BCUT2D eigenvalue weighted by Crippen LogP contribution is -2.32. The van der Waals surface area contributed by atoms with Crippen molar-refractivity contribution >= 4 is 23.1 Å². The second-order valence-electron chi connectivity index (χ2n) is 3.50. The Hall–Kier alpha value is -0.0300. The molecule has 0 saturated carbocycles. The van der Waals surface area contributed by atoms with E-state index in [0.29, 0.717) is 12.6 Å². The minimum absolute atomic E-state index is 0.362. The third-order valence-electron chi connectivity index (χ3n) is 2.10. The number of thioether (sulfide) groups is 1. The average Bonchev–Trinajstić information content (AvgIpc) is 2.76. The fourth-order valence-corrected chi connectivity index (χ4v) is 2.67. The molecule has 0 spiro atoms. The van der Waals surface area contributed by atoms with E-state index in [2.05, 4.69) is 19.2 Å². The molecule has 86 valence electrons. The molecule has 2 N–H and O–H groups in total.